The third-order valence-corrected chi connectivity index (χ3v) is 5.11. The largest absolute Gasteiger partial charge is 0.342 e. The van der Waals surface area contributed by atoms with E-state index >= 15 is 0 Å². The zero-order chi connectivity index (χ0) is 16.4. The molecule has 0 atom stereocenters. The van der Waals surface area contributed by atoms with Crippen LogP contribution >= 0.6 is 35.0 Å². The molecule has 1 aromatic carbocycles. The first-order valence-electron chi connectivity index (χ1n) is 7.13. The second-order valence-corrected chi connectivity index (χ2v) is 6.96. The molecule has 2 aromatic rings. The van der Waals surface area contributed by atoms with Gasteiger partial charge in [-0.3, -0.25) is 4.79 Å². The van der Waals surface area contributed by atoms with E-state index in [9.17, 15) is 4.79 Å². The van der Waals surface area contributed by atoms with Crippen LogP contribution in [0.1, 0.15) is 12.8 Å². The summed E-state index contributed by atoms with van der Waals surface area (Å²) in [5.74, 6) is 6.83. The first kappa shape index (κ1) is 16.4. The molecule has 2 heterocycles. The van der Waals surface area contributed by atoms with E-state index in [0.717, 1.165) is 25.9 Å². The van der Waals surface area contributed by atoms with Crippen LogP contribution in [0, 0.1) is 0 Å². The number of rotatable bonds is 4. The minimum atomic E-state index is 0.0952. The normalized spacial score (nSPS) is 14.4. The van der Waals surface area contributed by atoms with Crippen LogP contribution in [-0.2, 0) is 4.79 Å². The SMILES string of the molecule is Nn1c(SCC(=O)N2CCCC2)nnc1-c1cc(Cl)ccc1Cl. The van der Waals surface area contributed by atoms with Gasteiger partial charge < -0.3 is 10.7 Å². The number of nitrogen functional groups attached to an aromatic ring is 1. The number of hydrogen-bond acceptors (Lipinski definition) is 5. The molecule has 1 saturated heterocycles. The van der Waals surface area contributed by atoms with Gasteiger partial charge in [-0.1, -0.05) is 35.0 Å². The number of carbonyl (C=O) groups excluding carboxylic acids is 1. The lowest BCUT2D eigenvalue weighted by Gasteiger charge is -2.14. The predicted octanol–water partition coefficient (Wildman–Crippen LogP) is 2.68. The van der Waals surface area contributed by atoms with E-state index < -0.39 is 0 Å². The van der Waals surface area contributed by atoms with Gasteiger partial charge in [-0.15, -0.1) is 10.2 Å². The average Bonchev–Trinajstić information content (AvgIpc) is 3.18. The second kappa shape index (κ2) is 6.98. The molecule has 0 spiro atoms. The molecule has 1 aromatic heterocycles. The second-order valence-electron chi connectivity index (χ2n) is 5.18. The lowest BCUT2D eigenvalue weighted by Crippen LogP contribution is -2.29. The topological polar surface area (TPSA) is 77.0 Å². The third-order valence-electron chi connectivity index (χ3n) is 3.62. The number of amides is 1. The Morgan fingerprint density at radius 3 is 2.74 bits per heavy atom. The Kier molecular flexibility index (Phi) is 4.99. The maximum absolute atomic E-state index is 12.1. The number of nitrogens with two attached hydrogens (primary N) is 1. The quantitative estimate of drug-likeness (QED) is 0.660. The van der Waals surface area contributed by atoms with Crippen molar-refractivity contribution in [2.24, 2.45) is 0 Å². The van der Waals surface area contributed by atoms with E-state index in [1.165, 1.54) is 16.4 Å². The Morgan fingerprint density at radius 1 is 1.26 bits per heavy atom. The molecule has 1 amide bonds. The summed E-state index contributed by atoms with van der Waals surface area (Å²) in [7, 11) is 0. The predicted molar refractivity (Wildman–Crippen MR) is 92.2 cm³/mol. The Balaban J connectivity index is 1.74. The number of carbonyl (C=O) groups is 1. The Bertz CT molecular complexity index is 730. The Hall–Kier alpha value is -1.44. The molecule has 9 heteroatoms. The molecule has 0 saturated carbocycles. The molecule has 1 aliphatic heterocycles. The minimum absolute atomic E-state index is 0.0952. The van der Waals surface area contributed by atoms with Gasteiger partial charge in [0, 0.05) is 23.7 Å². The molecule has 23 heavy (non-hydrogen) atoms. The van der Waals surface area contributed by atoms with Gasteiger partial charge in [-0.25, -0.2) is 4.68 Å². The molecular weight excluding hydrogens is 357 g/mol. The number of likely N-dealkylation sites (tertiary alicyclic amines) is 1. The van der Waals surface area contributed by atoms with E-state index in [-0.39, 0.29) is 5.91 Å². The van der Waals surface area contributed by atoms with Crippen LogP contribution in [0.3, 0.4) is 0 Å². The highest BCUT2D eigenvalue weighted by Gasteiger charge is 2.20. The number of halogens is 2. The van der Waals surface area contributed by atoms with Gasteiger partial charge in [0.1, 0.15) is 0 Å². The van der Waals surface area contributed by atoms with Crippen LogP contribution in [-0.4, -0.2) is 44.5 Å². The first-order valence-corrected chi connectivity index (χ1v) is 8.87. The van der Waals surface area contributed by atoms with E-state index in [0.29, 0.717) is 32.3 Å². The van der Waals surface area contributed by atoms with E-state index in [4.69, 9.17) is 29.0 Å². The molecule has 1 aliphatic rings. The number of hydrogen-bond donors (Lipinski definition) is 1. The standard InChI is InChI=1S/C14H15Cl2N5OS/c15-9-3-4-11(16)10(7-9)13-18-19-14(21(13)17)23-8-12(22)20-5-1-2-6-20/h3-4,7H,1-2,5-6,8,17H2. The molecule has 3 rings (SSSR count). The molecule has 0 unspecified atom stereocenters. The summed E-state index contributed by atoms with van der Waals surface area (Å²) in [5.41, 5.74) is 0.604. The summed E-state index contributed by atoms with van der Waals surface area (Å²) < 4.78 is 1.33. The Morgan fingerprint density at radius 2 is 2.00 bits per heavy atom. The van der Waals surface area contributed by atoms with Crippen LogP contribution in [0.4, 0.5) is 0 Å². The smallest absolute Gasteiger partial charge is 0.233 e. The van der Waals surface area contributed by atoms with E-state index in [2.05, 4.69) is 10.2 Å². The van der Waals surface area contributed by atoms with E-state index in [1.807, 2.05) is 4.90 Å². The van der Waals surface area contributed by atoms with Crippen LogP contribution in [0.5, 0.6) is 0 Å². The lowest BCUT2D eigenvalue weighted by atomic mass is 10.2. The van der Waals surface area contributed by atoms with Crippen molar-refractivity contribution in [3.63, 3.8) is 0 Å². The number of thioether (sulfide) groups is 1. The van der Waals surface area contributed by atoms with Crippen molar-refractivity contribution in [1.82, 2.24) is 19.8 Å². The number of benzene rings is 1. The van der Waals surface area contributed by atoms with Crippen LogP contribution in [0.2, 0.25) is 10.0 Å². The molecule has 0 aliphatic carbocycles. The molecule has 2 N–H and O–H groups in total. The summed E-state index contributed by atoms with van der Waals surface area (Å²) in [6.07, 6.45) is 2.14. The first-order chi connectivity index (χ1) is 11.1. The highest BCUT2D eigenvalue weighted by molar-refractivity contribution is 7.99. The van der Waals surface area contributed by atoms with Crippen molar-refractivity contribution >= 4 is 40.9 Å². The molecule has 122 valence electrons. The third kappa shape index (κ3) is 3.57. The molecule has 0 radical (unpaired) electrons. The average molecular weight is 372 g/mol. The molecular formula is C14H15Cl2N5OS. The van der Waals surface area contributed by atoms with Crippen molar-refractivity contribution in [3.8, 4) is 11.4 Å². The zero-order valence-electron chi connectivity index (χ0n) is 12.2. The van der Waals surface area contributed by atoms with Gasteiger partial charge in [-0.05, 0) is 31.0 Å². The van der Waals surface area contributed by atoms with Gasteiger partial charge in [0.2, 0.25) is 11.1 Å². The van der Waals surface area contributed by atoms with Crippen molar-refractivity contribution in [2.45, 2.75) is 18.0 Å². The highest BCUT2D eigenvalue weighted by atomic mass is 35.5. The van der Waals surface area contributed by atoms with Crippen LogP contribution < -0.4 is 5.84 Å². The van der Waals surface area contributed by atoms with Crippen LogP contribution in [0.15, 0.2) is 23.4 Å². The van der Waals surface area contributed by atoms with Gasteiger partial charge in [0.15, 0.2) is 5.82 Å². The number of aromatic nitrogens is 3. The monoisotopic (exact) mass is 371 g/mol. The van der Waals surface area contributed by atoms with Crippen molar-refractivity contribution in [1.29, 1.82) is 0 Å². The fourth-order valence-electron chi connectivity index (χ4n) is 2.41. The summed E-state index contributed by atoms with van der Waals surface area (Å²) in [6, 6.07) is 5.05. The van der Waals surface area contributed by atoms with Gasteiger partial charge in [-0.2, -0.15) is 0 Å². The van der Waals surface area contributed by atoms with Crippen LogP contribution in [0.25, 0.3) is 11.4 Å². The van der Waals surface area contributed by atoms with Gasteiger partial charge in [0.05, 0.1) is 10.8 Å². The fraction of sp³-hybridized carbons (Fsp3) is 0.357. The lowest BCUT2D eigenvalue weighted by molar-refractivity contribution is -0.127. The molecule has 1 fully saturated rings. The highest BCUT2D eigenvalue weighted by Crippen LogP contribution is 2.30. The molecule has 0 bridgehead atoms. The summed E-state index contributed by atoms with van der Waals surface area (Å²) in [4.78, 5) is 13.9. The van der Waals surface area contributed by atoms with Gasteiger partial charge in [0.25, 0.3) is 0 Å². The summed E-state index contributed by atoms with van der Waals surface area (Å²) in [5, 5.41) is 9.58. The van der Waals surface area contributed by atoms with E-state index in [1.54, 1.807) is 18.2 Å². The fourth-order valence-corrected chi connectivity index (χ4v) is 3.55. The minimum Gasteiger partial charge on any atom is -0.342 e. The van der Waals surface area contributed by atoms with Crippen molar-refractivity contribution in [2.75, 3.05) is 24.7 Å². The maximum atomic E-state index is 12.1. The maximum Gasteiger partial charge on any atom is 0.233 e. The molecule has 6 nitrogen and oxygen atoms in total. The Labute approximate surface area is 147 Å². The summed E-state index contributed by atoms with van der Waals surface area (Å²) >= 11 is 13.4. The van der Waals surface area contributed by atoms with Crippen molar-refractivity contribution < 1.29 is 4.79 Å². The van der Waals surface area contributed by atoms with Gasteiger partial charge >= 0.3 is 0 Å². The van der Waals surface area contributed by atoms with Crippen molar-refractivity contribution in [3.05, 3.63) is 28.2 Å². The summed E-state index contributed by atoms with van der Waals surface area (Å²) in [6.45, 7) is 1.66. The zero-order valence-corrected chi connectivity index (χ0v) is 14.5. The number of nitrogens with zero attached hydrogens (tertiary/aromatic N) is 4.